The molecule has 0 aromatic carbocycles. The third-order valence-corrected chi connectivity index (χ3v) is 2.67. The van der Waals surface area contributed by atoms with Crippen molar-refractivity contribution in [1.82, 2.24) is 15.3 Å². The van der Waals surface area contributed by atoms with Crippen molar-refractivity contribution in [2.75, 3.05) is 12.3 Å². The molecule has 3 N–H and O–H groups in total. The molecule has 4 heteroatoms. The summed E-state index contributed by atoms with van der Waals surface area (Å²) in [5, 5.41) is 3.46. The molecule has 2 heterocycles. The summed E-state index contributed by atoms with van der Waals surface area (Å²) in [4.78, 5) is 8.27. The molecule has 2 rings (SSSR count). The van der Waals surface area contributed by atoms with Gasteiger partial charge < -0.3 is 11.1 Å². The molecular weight excluding hydrogens is 176 g/mol. The standard InChI is InChI=1S/C10H16N4/c1-7-6-13-10(11)14-9(7)8-4-2-3-5-12-8/h6,8,12H,2-5H2,1H3,(H2,11,13,14). The number of aromatic nitrogens is 2. The van der Waals surface area contributed by atoms with Gasteiger partial charge in [-0.15, -0.1) is 0 Å². The van der Waals surface area contributed by atoms with E-state index in [1.807, 2.05) is 6.92 Å². The molecule has 1 aliphatic rings. The molecule has 14 heavy (non-hydrogen) atoms. The van der Waals surface area contributed by atoms with E-state index in [4.69, 9.17) is 5.73 Å². The van der Waals surface area contributed by atoms with Crippen LogP contribution >= 0.6 is 0 Å². The quantitative estimate of drug-likeness (QED) is 0.701. The molecule has 0 saturated carbocycles. The summed E-state index contributed by atoms with van der Waals surface area (Å²) in [6.07, 6.45) is 5.47. The summed E-state index contributed by atoms with van der Waals surface area (Å²) < 4.78 is 0. The Labute approximate surface area is 83.9 Å². The highest BCUT2D eigenvalue weighted by Crippen LogP contribution is 2.23. The van der Waals surface area contributed by atoms with Crippen LogP contribution in [0.5, 0.6) is 0 Å². The van der Waals surface area contributed by atoms with Crippen LogP contribution in [0.25, 0.3) is 0 Å². The van der Waals surface area contributed by atoms with E-state index >= 15 is 0 Å². The van der Waals surface area contributed by atoms with Gasteiger partial charge in [0, 0.05) is 12.2 Å². The highest BCUT2D eigenvalue weighted by molar-refractivity contribution is 5.26. The SMILES string of the molecule is Cc1cnc(N)nc1C1CCCCN1. The van der Waals surface area contributed by atoms with E-state index in [0.717, 1.165) is 24.2 Å². The van der Waals surface area contributed by atoms with Crippen molar-refractivity contribution >= 4 is 5.95 Å². The van der Waals surface area contributed by atoms with Gasteiger partial charge in [-0.3, -0.25) is 0 Å². The topological polar surface area (TPSA) is 63.8 Å². The minimum atomic E-state index is 0.369. The number of nitrogens with zero attached hydrogens (tertiary/aromatic N) is 2. The number of rotatable bonds is 1. The molecule has 1 unspecified atom stereocenters. The number of aryl methyl sites for hydroxylation is 1. The molecule has 1 atom stereocenters. The zero-order chi connectivity index (χ0) is 9.97. The number of nitrogens with two attached hydrogens (primary N) is 1. The van der Waals surface area contributed by atoms with Crippen LogP contribution in [0.15, 0.2) is 6.20 Å². The van der Waals surface area contributed by atoms with Crippen molar-refractivity contribution in [2.24, 2.45) is 0 Å². The van der Waals surface area contributed by atoms with Crippen LogP contribution in [0.1, 0.15) is 36.6 Å². The predicted octanol–water partition coefficient (Wildman–Crippen LogP) is 1.18. The van der Waals surface area contributed by atoms with E-state index in [9.17, 15) is 0 Å². The van der Waals surface area contributed by atoms with Crippen LogP contribution in [-0.4, -0.2) is 16.5 Å². The monoisotopic (exact) mass is 192 g/mol. The Hall–Kier alpha value is -1.16. The average Bonchev–Trinajstić information content (AvgIpc) is 2.23. The summed E-state index contributed by atoms with van der Waals surface area (Å²) >= 11 is 0. The highest BCUT2D eigenvalue weighted by Gasteiger charge is 2.18. The summed E-state index contributed by atoms with van der Waals surface area (Å²) in [5.74, 6) is 0.373. The largest absolute Gasteiger partial charge is 0.368 e. The second kappa shape index (κ2) is 3.92. The smallest absolute Gasteiger partial charge is 0.220 e. The normalized spacial score (nSPS) is 22.2. The van der Waals surface area contributed by atoms with Gasteiger partial charge in [-0.1, -0.05) is 6.42 Å². The van der Waals surface area contributed by atoms with Gasteiger partial charge in [0.05, 0.1) is 5.69 Å². The van der Waals surface area contributed by atoms with Crippen LogP contribution in [0.3, 0.4) is 0 Å². The summed E-state index contributed by atoms with van der Waals surface area (Å²) in [6.45, 7) is 3.11. The average molecular weight is 192 g/mol. The lowest BCUT2D eigenvalue weighted by Gasteiger charge is -2.24. The summed E-state index contributed by atoms with van der Waals surface area (Å²) in [7, 11) is 0. The maximum atomic E-state index is 5.58. The van der Waals surface area contributed by atoms with Crippen molar-refractivity contribution < 1.29 is 0 Å². The molecule has 1 saturated heterocycles. The van der Waals surface area contributed by atoms with E-state index in [2.05, 4.69) is 15.3 Å². The number of nitrogen functional groups attached to an aromatic ring is 1. The van der Waals surface area contributed by atoms with Crippen molar-refractivity contribution in [3.63, 3.8) is 0 Å². The first kappa shape index (κ1) is 9.40. The molecule has 0 bridgehead atoms. The first-order valence-corrected chi connectivity index (χ1v) is 5.10. The lowest BCUT2D eigenvalue weighted by Crippen LogP contribution is -2.28. The van der Waals surface area contributed by atoms with E-state index in [1.165, 1.54) is 12.8 Å². The fraction of sp³-hybridized carbons (Fsp3) is 0.600. The third-order valence-electron chi connectivity index (χ3n) is 2.67. The Morgan fingerprint density at radius 1 is 1.50 bits per heavy atom. The maximum absolute atomic E-state index is 5.58. The molecule has 1 aromatic heterocycles. The number of hydrogen-bond donors (Lipinski definition) is 2. The van der Waals surface area contributed by atoms with Crippen molar-refractivity contribution in [3.05, 3.63) is 17.5 Å². The van der Waals surface area contributed by atoms with Crippen LogP contribution in [0, 0.1) is 6.92 Å². The zero-order valence-electron chi connectivity index (χ0n) is 8.45. The molecule has 0 radical (unpaired) electrons. The van der Waals surface area contributed by atoms with Crippen LogP contribution in [0.4, 0.5) is 5.95 Å². The highest BCUT2D eigenvalue weighted by atomic mass is 15.0. The lowest BCUT2D eigenvalue weighted by molar-refractivity contribution is 0.404. The van der Waals surface area contributed by atoms with Gasteiger partial charge in [-0.05, 0) is 31.9 Å². The molecule has 0 aliphatic carbocycles. The Morgan fingerprint density at radius 3 is 3.07 bits per heavy atom. The number of nitrogens with one attached hydrogen (secondary N) is 1. The molecule has 1 aliphatic heterocycles. The second-order valence-corrected chi connectivity index (χ2v) is 3.80. The number of hydrogen-bond acceptors (Lipinski definition) is 4. The fourth-order valence-electron chi connectivity index (χ4n) is 1.91. The third kappa shape index (κ3) is 1.85. The summed E-state index contributed by atoms with van der Waals surface area (Å²) in [5.41, 5.74) is 7.77. The van der Waals surface area contributed by atoms with Crippen molar-refractivity contribution in [2.45, 2.75) is 32.2 Å². The zero-order valence-corrected chi connectivity index (χ0v) is 8.45. The van der Waals surface area contributed by atoms with Crippen molar-refractivity contribution in [1.29, 1.82) is 0 Å². The van der Waals surface area contributed by atoms with Crippen LogP contribution in [-0.2, 0) is 0 Å². The molecule has 1 fully saturated rings. The Balaban J connectivity index is 2.24. The lowest BCUT2D eigenvalue weighted by atomic mass is 9.99. The van der Waals surface area contributed by atoms with Crippen molar-refractivity contribution in [3.8, 4) is 0 Å². The van der Waals surface area contributed by atoms with Gasteiger partial charge in [-0.25, -0.2) is 9.97 Å². The van der Waals surface area contributed by atoms with E-state index in [1.54, 1.807) is 6.20 Å². The van der Waals surface area contributed by atoms with E-state index in [0.29, 0.717) is 12.0 Å². The second-order valence-electron chi connectivity index (χ2n) is 3.80. The molecule has 4 nitrogen and oxygen atoms in total. The minimum absolute atomic E-state index is 0.369. The molecular formula is C10H16N4. The Kier molecular flexibility index (Phi) is 2.63. The van der Waals surface area contributed by atoms with Gasteiger partial charge in [0.2, 0.25) is 5.95 Å². The number of anilines is 1. The van der Waals surface area contributed by atoms with Gasteiger partial charge in [0.25, 0.3) is 0 Å². The van der Waals surface area contributed by atoms with Crippen LogP contribution in [0.2, 0.25) is 0 Å². The van der Waals surface area contributed by atoms with Gasteiger partial charge in [0.1, 0.15) is 0 Å². The fourth-order valence-corrected chi connectivity index (χ4v) is 1.91. The minimum Gasteiger partial charge on any atom is -0.368 e. The first-order chi connectivity index (χ1) is 6.77. The molecule has 0 amide bonds. The maximum Gasteiger partial charge on any atom is 0.220 e. The Bertz CT molecular complexity index is 318. The molecule has 0 spiro atoms. The number of piperidine rings is 1. The molecule has 76 valence electrons. The summed E-state index contributed by atoms with van der Waals surface area (Å²) in [6, 6.07) is 0.369. The Morgan fingerprint density at radius 2 is 2.36 bits per heavy atom. The first-order valence-electron chi connectivity index (χ1n) is 5.10. The van der Waals surface area contributed by atoms with Gasteiger partial charge >= 0.3 is 0 Å². The van der Waals surface area contributed by atoms with E-state index in [-0.39, 0.29) is 0 Å². The van der Waals surface area contributed by atoms with Gasteiger partial charge in [-0.2, -0.15) is 0 Å². The van der Waals surface area contributed by atoms with E-state index < -0.39 is 0 Å². The van der Waals surface area contributed by atoms with Gasteiger partial charge in [0.15, 0.2) is 0 Å². The predicted molar refractivity (Wildman–Crippen MR) is 55.8 cm³/mol. The van der Waals surface area contributed by atoms with Crippen LogP contribution < -0.4 is 11.1 Å². The molecule has 1 aromatic rings.